The summed E-state index contributed by atoms with van der Waals surface area (Å²) in [6.45, 7) is 1.99. The summed E-state index contributed by atoms with van der Waals surface area (Å²) in [5.41, 5.74) is 0. The Bertz CT molecular complexity index is 524. The topological polar surface area (TPSA) is 79.3 Å². The average molecular weight is 280 g/mol. The van der Waals surface area contributed by atoms with E-state index in [0.29, 0.717) is 12.3 Å². The second-order valence-electron chi connectivity index (χ2n) is 5.42. The lowest BCUT2D eigenvalue weighted by Gasteiger charge is -2.15. The van der Waals surface area contributed by atoms with Crippen molar-refractivity contribution in [1.29, 1.82) is 0 Å². The molecule has 0 unspecified atom stereocenters. The van der Waals surface area contributed by atoms with Crippen LogP contribution in [-0.4, -0.2) is 22.0 Å². The third-order valence-electron chi connectivity index (χ3n) is 3.74. The molecule has 1 heterocycles. The molecule has 1 aromatic heterocycles. The minimum Gasteiger partial charge on any atom is -0.481 e. The molecular weight excluding hydrogens is 264 g/mol. The maximum atomic E-state index is 12.0. The maximum absolute atomic E-state index is 12.0. The van der Waals surface area contributed by atoms with Gasteiger partial charge in [0.15, 0.2) is 0 Å². The van der Waals surface area contributed by atoms with Crippen LogP contribution < -0.4 is 5.32 Å². The normalized spacial score (nSPS) is 26.8. The summed E-state index contributed by atoms with van der Waals surface area (Å²) in [7, 11) is 0. The molecule has 0 saturated heterocycles. The summed E-state index contributed by atoms with van der Waals surface area (Å²) >= 11 is 1.60. The molecule has 0 aromatic carbocycles. The molecule has 0 radical (unpaired) electrons. The lowest BCUT2D eigenvalue weighted by molar-refractivity contribution is -0.140. The van der Waals surface area contributed by atoms with Gasteiger partial charge in [0.05, 0.1) is 17.9 Å². The van der Waals surface area contributed by atoms with Gasteiger partial charge < -0.3 is 10.4 Å². The van der Waals surface area contributed by atoms with Crippen molar-refractivity contribution in [3.8, 4) is 0 Å². The van der Waals surface area contributed by atoms with Crippen LogP contribution in [0.1, 0.15) is 35.2 Å². The van der Waals surface area contributed by atoms with Crippen molar-refractivity contribution in [2.45, 2.75) is 32.2 Å². The Morgan fingerprint density at radius 1 is 1.47 bits per heavy atom. The first-order chi connectivity index (χ1) is 9.06. The average Bonchev–Trinajstić information content (AvgIpc) is 3.23. The van der Waals surface area contributed by atoms with Gasteiger partial charge in [-0.25, -0.2) is 4.98 Å². The molecule has 0 aliphatic heterocycles. The highest BCUT2D eigenvalue weighted by Gasteiger charge is 2.49. The molecule has 2 N–H and O–H groups in total. The van der Waals surface area contributed by atoms with Crippen LogP contribution >= 0.6 is 11.3 Å². The van der Waals surface area contributed by atoms with Crippen LogP contribution in [0.5, 0.6) is 0 Å². The number of carboxylic acid groups (broad SMARTS) is 1. The van der Waals surface area contributed by atoms with E-state index in [2.05, 4.69) is 10.3 Å². The summed E-state index contributed by atoms with van der Waals surface area (Å²) in [6, 6.07) is -0.0266. The molecule has 6 heteroatoms. The van der Waals surface area contributed by atoms with Crippen LogP contribution in [0.3, 0.4) is 0 Å². The Balaban J connectivity index is 1.66. The van der Waals surface area contributed by atoms with Crippen LogP contribution in [0.4, 0.5) is 0 Å². The van der Waals surface area contributed by atoms with E-state index in [1.54, 1.807) is 11.3 Å². The number of thiazole rings is 1. The molecule has 3 rings (SSSR count). The van der Waals surface area contributed by atoms with Crippen molar-refractivity contribution in [2.75, 3.05) is 0 Å². The number of aryl methyl sites for hydroxylation is 1. The first-order valence-corrected chi connectivity index (χ1v) is 7.33. The van der Waals surface area contributed by atoms with Crippen molar-refractivity contribution in [2.24, 2.45) is 17.8 Å². The molecule has 2 aliphatic carbocycles. The van der Waals surface area contributed by atoms with E-state index in [0.717, 1.165) is 22.7 Å². The van der Waals surface area contributed by atoms with Gasteiger partial charge in [0.25, 0.3) is 0 Å². The SMILES string of the molecule is Cc1cnc([C@H](NC(=O)[C@@H]2C[C@@H]2C(=O)O)C2CC2)s1. The number of carbonyl (C=O) groups excluding carboxylic acids is 1. The van der Waals surface area contributed by atoms with E-state index < -0.39 is 11.9 Å². The van der Waals surface area contributed by atoms with Crippen molar-refractivity contribution < 1.29 is 14.7 Å². The van der Waals surface area contributed by atoms with Gasteiger partial charge in [0.1, 0.15) is 5.01 Å². The lowest BCUT2D eigenvalue weighted by Crippen LogP contribution is -2.31. The van der Waals surface area contributed by atoms with Crippen molar-refractivity contribution in [3.05, 3.63) is 16.1 Å². The van der Waals surface area contributed by atoms with E-state index in [9.17, 15) is 9.59 Å². The largest absolute Gasteiger partial charge is 0.481 e. The first kappa shape index (κ1) is 12.6. The number of carboxylic acids is 1. The number of rotatable bonds is 5. The number of hydrogen-bond acceptors (Lipinski definition) is 4. The quantitative estimate of drug-likeness (QED) is 0.861. The Hall–Kier alpha value is -1.43. The highest BCUT2D eigenvalue weighted by Crippen LogP contribution is 2.44. The molecule has 19 heavy (non-hydrogen) atoms. The van der Waals surface area contributed by atoms with E-state index >= 15 is 0 Å². The zero-order chi connectivity index (χ0) is 13.6. The van der Waals surface area contributed by atoms with Gasteiger partial charge in [0, 0.05) is 11.1 Å². The summed E-state index contributed by atoms with van der Waals surface area (Å²) in [4.78, 5) is 28.3. The third-order valence-corrected chi connectivity index (χ3v) is 4.74. The van der Waals surface area contributed by atoms with Crippen LogP contribution in [0.2, 0.25) is 0 Å². The van der Waals surface area contributed by atoms with Gasteiger partial charge >= 0.3 is 5.97 Å². The van der Waals surface area contributed by atoms with E-state index in [1.165, 1.54) is 0 Å². The molecule has 2 saturated carbocycles. The van der Waals surface area contributed by atoms with E-state index in [-0.39, 0.29) is 17.9 Å². The number of aromatic nitrogens is 1. The number of amides is 1. The monoisotopic (exact) mass is 280 g/mol. The molecule has 1 amide bonds. The van der Waals surface area contributed by atoms with E-state index in [4.69, 9.17) is 5.11 Å². The minimum absolute atomic E-state index is 0.0266. The summed E-state index contributed by atoms with van der Waals surface area (Å²) in [5.74, 6) is -1.36. The predicted molar refractivity (Wildman–Crippen MR) is 69.7 cm³/mol. The fourth-order valence-electron chi connectivity index (χ4n) is 2.34. The molecule has 3 atom stereocenters. The van der Waals surface area contributed by atoms with Crippen molar-refractivity contribution in [1.82, 2.24) is 10.3 Å². The summed E-state index contributed by atoms with van der Waals surface area (Å²) in [5, 5.41) is 12.8. The fourth-order valence-corrected chi connectivity index (χ4v) is 3.26. The van der Waals surface area contributed by atoms with Crippen LogP contribution in [0, 0.1) is 24.7 Å². The van der Waals surface area contributed by atoms with Gasteiger partial charge in [-0.05, 0) is 32.1 Å². The summed E-state index contributed by atoms with van der Waals surface area (Å²) in [6.07, 6.45) is 4.50. The van der Waals surface area contributed by atoms with Crippen molar-refractivity contribution >= 4 is 23.2 Å². The van der Waals surface area contributed by atoms with Crippen molar-refractivity contribution in [3.63, 3.8) is 0 Å². The van der Waals surface area contributed by atoms with Crippen LogP contribution in [0.15, 0.2) is 6.20 Å². The second-order valence-corrected chi connectivity index (χ2v) is 6.69. The fraction of sp³-hybridized carbons (Fsp3) is 0.615. The molecule has 5 nitrogen and oxygen atoms in total. The van der Waals surface area contributed by atoms with Crippen LogP contribution in [0.25, 0.3) is 0 Å². The zero-order valence-corrected chi connectivity index (χ0v) is 11.4. The number of carbonyl (C=O) groups is 2. The smallest absolute Gasteiger partial charge is 0.307 e. The molecular formula is C13H16N2O3S. The molecule has 102 valence electrons. The van der Waals surface area contributed by atoms with E-state index in [1.807, 2.05) is 13.1 Å². The van der Waals surface area contributed by atoms with Gasteiger partial charge in [-0.2, -0.15) is 0 Å². The zero-order valence-electron chi connectivity index (χ0n) is 10.6. The number of hydrogen-bond donors (Lipinski definition) is 2. The molecule has 0 spiro atoms. The Morgan fingerprint density at radius 2 is 2.21 bits per heavy atom. The summed E-state index contributed by atoms with van der Waals surface area (Å²) < 4.78 is 0. The van der Waals surface area contributed by atoms with Gasteiger partial charge in [-0.15, -0.1) is 11.3 Å². The number of aliphatic carboxylic acids is 1. The minimum atomic E-state index is -0.867. The lowest BCUT2D eigenvalue weighted by atomic mass is 10.2. The predicted octanol–water partition coefficient (Wildman–Crippen LogP) is 1.74. The van der Waals surface area contributed by atoms with Gasteiger partial charge in [-0.3, -0.25) is 9.59 Å². The molecule has 1 aromatic rings. The maximum Gasteiger partial charge on any atom is 0.307 e. The number of nitrogens with zero attached hydrogens (tertiary/aromatic N) is 1. The van der Waals surface area contributed by atoms with Crippen LogP contribution in [-0.2, 0) is 9.59 Å². The first-order valence-electron chi connectivity index (χ1n) is 6.51. The highest BCUT2D eigenvalue weighted by molar-refractivity contribution is 7.11. The molecule has 2 fully saturated rings. The van der Waals surface area contributed by atoms with Gasteiger partial charge in [-0.1, -0.05) is 0 Å². The highest BCUT2D eigenvalue weighted by atomic mass is 32.1. The second kappa shape index (κ2) is 4.59. The Labute approximate surface area is 115 Å². The Kier molecular flexibility index (Phi) is 3.05. The standard InChI is InChI=1S/C13H16N2O3S/c1-6-5-14-12(19-6)10(7-2-3-7)15-11(16)8-4-9(8)13(17)18/h5,7-10H,2-4H2,1H3,(H,15,16)(H,17,18)/t8-,9+,10-/m1/s1. The third kappa shape index (κ3) is 2.63. The molecule has 0 bridgehead atoms. The Morgan fingerprint density at radius 3 is 2.68 bits per heavy atom. The molecule has 2 aliphatic rings. The van der Waals surface area contributed by atoms with Gasteiger partial charge in [0.2, 0.25) is 5.91 Å². The number of nitrogens with one attached hydrogen (secondary N) is 1.